The molecule has 0 N–H and O–H groups in total. The number of hydrogen-bond donors (Lipinski definition) is 0. The Morgan fingerprint density at radius 1 is 1.16 bits per heavy atom. The van der Waals surface area contributed by atoms with Gasteiger partial charge in [0.25, 0.3) is 5.91 Å². The summed E-state index contributed by atoms with van der Waals surface area (Å²) in [6.07, 6.45) is 2.29. The summed E-state index contributed by atoms with van der Waals surface area (Å²) in [6, 6.07) is 3.96. The molecule has 0 bridgehead atoms. The highest BCUT2D eigenvalue weighted by molar-refractivity contribution is 5.95. The Balaban J connectivity index is 1.80. The summed E-state index contributed by atoms with van der Waals surface area (Å²) in [6.45, 7) is 8.14. The van der Waals surface area contributed by atoms with E-state index in [0.29, 0.717) is 44.9 Å². The average molecular weight is 344 g/mol. The summed E-state index contributed by atoms with van der Waals surface area (Å²) >= 11 is 0. The Bertz CT molecular complexity index is 791. The first-order valence-corrected chi connectivity index (χ1v) is 8.73. The summed E-state index contributed by atoms with van der Waals surface area (Å²) in [5.74, 6) is -0.0308. The number of pyridine rings is 1. The topological polar surface area (TPSA) is 67.2 Å². The summed E-state index contributed by atoms with van der Waals surface area (Å²) in [5.41, 5.74) is 3.35. The number of imidazole rings is 1. The molecule has 1 saturated heterocycles. The Hall–Kier alpha value is -2.57. The van der Waals surface area contributed by atoms with Crippen molar-refractivity contribution in [1.29, 1.82) is 0 Å². The van der Waals surface area contributed by atoms with E-state index >= 15 is 0 Å². The maximum atomic E-state index is 13.1. The van der Waals surface area contributed by atoms with Crippen LogP contribution < -0.4 is 0 Å². The molecular formula is C18H24N4O3. The third kappa shape index (κ3) is 3.31. The number of rotatable bonds is 3. The quantitative estimate of drug-likeness (QED) is 0.855. The van der Waals surface area contributed by atoms with E-state index in [-0.39, 0.29) is 12.0 Å². The van der Waals surface area contributed by atoms with Crippen molar-refractivity contribution in [2.24, 2.45) is 0 Å². The lowest BCUT2D eigenvalue weighted by atomic mass is 10.2. The van der Waals surface area contributed by atoms with E-state index < -0.39 is 0 Å². The van der Waals surface area contributed by atoms with Crippen LogP contribution in [0.4, 0.5) is 4.79 Å². The minimum Gasteiger partial charge on any atom is -0.450 e. The molecule has 0 aromatic carbocycles. The molecular weight excluding hydrogens is 320 g/mol. The van der Waals surface area contributed by atoms with Crippen LogP contribution in [0.1, 0.15) is 35.6 Å². The zero-order chi connectivity index (χ0) is 18.0. The molecule has 0 radical (unpaired) electrons. The van der Waals surface area contributed by atoms with Crippen LogP contribution in [0, 0.1) is 6.92 Å². The molecule has 1 aliphatic rings. The van der Waals surface area contributed by atoms with E-state index in [9.17, 15) is 9.59 Å². The summed E-state index contributed by atoms with van der Waals surface area (Å²) < 4.78 is 6.89. The first-order chi connectivity index (χ1) is 12.0. The number of hydrogen-bond acceptors (Lipinski definition) is 4. The molecule has 2 aromatic rings. The Labute approximate surface area is 147 Å². The normalized spacial score (nSPS) is 14.8. The van der Waals surface area contributed by atoms with Gasteiger partial charge in [-0.25, -0.2) is 9.78 Å². The molecule has 7 heteroatoms. The summed E-state index contributed by atoms with van der Waals surface area (Å²) in [4.78, 5) is 32.9. The highest BCUT2D eigenvalue weighted by Gasteiger charge is 2.28. The van der Waals surface area contributed by atoms with Gasteiger partial charge in [-0.3, -0.25) is 9.20 Å². The van der Waals surface area contributed by atoms with Crippen molar-refractivity contribution in [3.8, 4) is 0 Å². The van der Waals surface area contributed by atoms with Crippen LogP contribution >= 0.6 is 0 Å². The minimum atomic E-state index is -0.311. The van der Waals surface area contributed by atoms with Gasteiger partial charge in [0.05, 0.1) is 12.3 Å². The largest absolute Gasteiger partial charge is 0.450 e. The predicted octanol–water partition coefficient (Wildman–Crippen LogP) is 2.12. The lowest BCUT2D eigenvalue weighted by Gasteiger charge is -2.34. The van der Waals surface area contributed by atoms with Crippen molar-refractivity contribution >= 4 is 17.6 Å². The summed E-state index contributed by atoms with van der Waals surface area (Å²) in [5, 5.41) is 0. The third-order valence-electron chi connectivity index (χ3n) is 4.48. The van der Waals surface area contributed by atoms with E-state index in [1.165, 1.54) is 0 Å². The van der Waals surface area contributed by atoms with Crippen LogP contribution in [0.5, 0.6) is 0 Å². The molecule has 7 nitrogen and oxygen atoms in total. The molecule has 0 spiro atoms. The van der Waals surface area contributed by atoms with Crippen LogP contribution in [0.2, 0.25) is 0 Å². The molecule has 0 saturated carbocycles. The number of carbonyl (C=O) groups excluding carboxylic acids is 2. The molecule has 134 valence electrons. The Kier molecular flexibility index (Phi) is 4.92. The van der Waals surface area contributed by atoms with Crippen molar-refractivity contribution < 1.29 is 14.3 Å². The number of fused-ring (bicyclic) bond motifs is 1. The highest BCUT2D eigenvalue weighted by atomic mass is 16.6. The SMILES string of the molecule is CCOC(=O)N1CCN(C(=O)c2c(CC)nc3cc(C)ccn23)CC1. The van der Waals surface area contributed by atoms with Crippen molar-refractivity contribution in [3.63, 3.8) is 0 Å². The van der Waals surface area contributed by atoms with E-state index in [2.05, 4.69) is 4.98 Å². The zero-order valence-electron chi connectivity index (χ0n) is 15.0. The molecule has 1 fully saturated rings. The van der Waals surface area contributed by atoms with Gasteiger partial charge in [-0.1, -0.05) is 6.92 Å². The fraction of sp³-hybridized carbons (Fsp3) is 0.500. The van der Waals surface area contributed by atoms with Crippen molar-refractivity contribution in [2.75, 3.05) is 32.8 Å². The van der Waals surface area contributed by atoms with Gasteiger partial charge in [-0.05, 0) is 38.0 Å². The summed E-state index contributed by atoms with van der Waals surface area (Å²) in [7, 11) is 0. The van der Waals surface area contributed by atoms with Gasteiger partial charge in [0.15, 0.2) is 0 Å². The predicted molar refractivity (Wildman–Crippen MR) is 93.8 cm³/mol. The molecule has 1 aliphatic heterocycles. The van der Waals surface area contributed by atoms with Gasteiger partial charge in [0.1, 0.15) is 11.3 Å². The van der Waals surface area contributed by atoms with Crippen molar-refractivity contribution in [1.82, 2.24) is 19.2 Å². The number of piperazine rings is 1. The molecule has 2 aromatic heterocycles. The van der Waals surface area contributed by atoms with Gasteiger partial charge in [0.2, 0.25) is 0 Å². The first kappa shape index (κ1) is 17.3. The van der Waals surface area contributed by atoms with E-state index in [1.807, 2.05) is 36.6 Å². The van der Waals surface area contributed by atoms with Crippen LogP contribution in [0.15, 0.2) is 18.3 Å². The zero-order valence-corrected chi connectivity index (χ0v) is 15.0. The van der Waals surface area contributed by atoms with Crippen LogP contribution in [-0.4, -0.2) is 64.0 Å². The standard InChI is InChI=1S/C18H24N4O3/c1-4-14-16(22-7-6-13(3)12-15(22)19-14)17(23)20-8-10-21(11-9-20)18(24)25-5-2/h6-7,12H,4-5,8-11H2,1-3H3. The second-order valence-electron chi connectivity index (χ2n) is 6.17. The van der Waals surface area contributed by atoms with Crippen LogP contribution in [0.3, 0.4) is 0 Å². The molecule has 0 aliphatic carbocycles. The second-order valence-corrected chi connectivity index (χ2v) is 6.17. The third-order valence-corrected chi connectivity index (χ3v) is 4.48. The number of aryl methyl sites for hydroxylation is 2. The fourth-order valence-corrected chi connectivity index (χ4v) is 3.12. The molecule has 25 heavy (non-hydrogen) atoms. The molecule has 0 atom stereocenters. The molecule has 3 heterocycles. The number of ether oxygens (including phenoxy) is 1. The monoisotopic (exact) mass is 344 g/mol. The maximum Gasteiger partial charge on any atom is 0.409 e. The molecule has 3 rings (SSSR count). The Morgan fingerprint density at radius 3 is 2.48 bits per heavy atom. The lowest BCUT2D eigenvalue weighted by Crippen LogP contribution is -2.51. The van der Waals surface area contributed by atoms with Gasteiger partial charge >= 0.3 is 6.09 Å². The van der Waals surface area contributed by atoms with Crippen LogP contribution in [-0.2, 0) is 11.2 Å². The molecule has 2 amide bonds. The average Bonchev–Trinajstić information content (AvgIpc) is 2.99. The minimum absolute atomic E-state index is 0.0308. The van der Waals surface area contributed by atoms with E-state index in [1.54, 1.807) is 16.7 Å². The van der Waals surface area contributed by atoms with Gasteiger partial charge in [0, 0.05) is 32.4 Å². The number of carbonyl (C=O) groups is 2. The number of nitrogens with zero attached hydrogens (tertiary/aromatic N) is 4. The van der Waals surface area contributed by atoms with Crippen molar-refractivity contribution in [2.45, 2.75) is 27.2 Å². The molecule has 0 unspecified atom stereocenters. The maximum absolute atomic E-state index is 13.1. The lowest BCUT2D eigenvalue weighted by molar-refractivity contribution is 0.0564. The smallest absolute Gasteiger partial charge is 0.409 e. The Morgan fingerprint density at radius 2 is 1.84 bits per heavy atom. The van der Waals surface area contributed by atoms with Gasteiger partial charge in [-0.2, -0.15) is 0 Å². The second kappa shape index (κ2) is 7.13. The number of aromatic nitrogens is 2. The highest BCUT2D eigenvalue weighted by Crippen LogP contribution is 2.18. The van der Waals surface area contributed by atoms with E-state index in [4.69, 9.17) is 4.74 Å². The van der Waals surface area contributed by atoms with Crippen molar-refractivity contribution in [3.05, 3.63) is 35.3 Å². The first-order valence-electron chi connectivity index (χ1n) is 8.73. The van der Waals surface area contributed by atoms with Gasteiger partial charge < -0.3 is 14.5 Å². The van der Waals surface area contributed by atoms with E-state index in [0.717, 1.165) is 16.9 Å². The fourth-order valence-electron chi connectivity index (χ4n) is 3.12. The number of amides is 2. The van der Waals surface area contributed by atoms with Gasteiger partial charge in [-0.15, -0.1) is 0 Å². The van der Waals surface area contributed by atoms with Crippen LogP contribution in [0.25, 0.3) is 5.65 Å².